The molecule has 4 rings (SSSR count). The Balaban J connectivity index is 1.61. The zero-order valence-corrected chi connectivity index (χ0v) is 26.8. The van der Waals surface area contributed by atoms with Crippen LogP contribution in [0.3, 0.4) is 0 Å². The lowest BCUT2D eigenvalue weighted by molar-refractivity contribution is -0.142. The molecule has 6 atom stereocenters. The van der Waals surface area contributed by atoms with Crippen LogP contribution in [0, 0.1) is 0 Å². The van der Waals surface area contributed by atoms with Gasteiger partial charge in [-0.3, -0.25) is 28.8 Å². The molecule has 2 fully saturated rings. The normalized spacial score (nSPS) is 26.0. The van der Waals surface area contributed by atoms with Gasteiger partial charge in [-0.2, -0.15) is 0 Å². The summed E-state index contributed by atoms with van der Waals surface area (Å²) in [6.07, 6.45) is 2.75. The molecule has 7 N–H and O–H groups in total. The first-order valence-electron chi connectivity index (χ1n) is 16.2. The molecular weight excluding hydrogens is 606 g/mol. The van der Waals surface area contributed by atoms with Gasteiger partial charge in [0.2, 0.25) is 29.5 Å². The number of aromatic amines is 1. The Kier molecular flexibility index (Phi) is 12.5. The number of nitrogens with one attached hydrogen (secondary N) is 6. The van der Waals surface area contributed by atoms with Gasteiger partial charge in [0.15, 0.2) is 0 Å². The van der Waals surface area contributed by atoms with Crippen LogP contribution >= 0.6 is 0 Å². The number of hydrogen-bond donors (Lipinski definition) is 7. The van der Waals surface area contributed by atoms with Gasteiger partial charge in [0.25, 0.3) is 5.91 Å². The summed E-state index contributed by atoms with van der Waals surface area (Å²) >= 11 is 0. The smallest absolute Gasteiger partial charge is 0.268 e. The van der Waals surface area contributed by atoms with Crippen molar-refractivity contribution in [1.82, 2.24) is 36.5 Å². The third-order valence-electron chi connectivity index (χ3n) is 8.52. The second-order valence-electron chi connectivity index (χ2n) is 12.0. The molecule has 2 aromatic rings. The molecule has 0 aliphatic carbocycles. The predicted molar refractivity (Wildman–Crippen MR) is 172 cm³/mol. The summed E-state index contributed by atoms with van der Waals surface area (Å²) in [5.74, 6) is -3.35. The van der Waals surface area contributed by atoms with Crippen LogP contribution < -0.4 is 26.6 Å². The first-order chi connectivity index (χ1) is 22.6. The van der Waals surface area contributed by atoms with Crippen molar-refractivity contribution in [3.05, 3.63) is 59.9 Å². The van der Waals surface area contributed by atoms with E-state index in [1.54, 1.807) is 25.3 Å². The Morgan fingerprint density at radius 3 is 2.32 bits per heavy atom. The number of aliphatic hydroxyl groups excluding tert-OH is 1. The van der Waals surface area contributed by atoms with Gasteiger partial charge in [-0.25, -0.2) is 0 Å². The van der Waals surface area contributed by atoms with Crippen molar-refractivity contribution in [2.75, 3.05) is 13.1 Å². The average Bonchev–Trinajstić information content (AvgIpc) is 3.78. The van der Waals surface area contributed by atoms with E-state index in [-0.39, 0.29) is 37.4 Å². The fraction of sp³-hybridized carbons (Fsp3) is 0.515. The monoisotopic (exact) mass is 651 g/mol. The van der Waals surface area contributed by atoms with Crippen molar-refractivity contribution in [1.29, 1.82) is 0 Å². The van der Waals surface area contributed by atoms with E-state index < -0.39 is 65.8 Å². The van der Waals surface area contributed by atoms with Crippen LogP contribution in [0.15, 0.2) is 48.7 Å². The van der Waals surface area contributed by atoms with Crippen molar-refractivity contribution < 1.29 is 33.9 Å². The van der Waals surface area contributed by atoms with E-state index in [2.05, 4.69) is 31.6 Å². The number of carbonyl (C=O) groups excluding carboxylic acids is 6. The van der Waals surface area contributed by atoms with E-state index in [9.17, 15) is 33.9 Å². The third kappa shape index (κ3) is 9.41. The first-order valence-corrected chi connectivity index (χ1v) is 16.2. The number of aliphatic hydroxyl groups is 1. The average molecular weight is 652 g/mol. The molecule has 47 heavy (non-hydrogen) atoms. The van der Waals surface area contributed by atoms with Crippen LogP contribution in [0.1, 0.15) is 68.4 Å². The Hall–Kier alpha value is -4.72. The van der Waals surface area contributed by atoms with Gasteiger partial charge in [0.1, 0.15) is 35.9 Å². The molecule has 2 saturated heterocycles. The van der Waals surface area contributed by atoms with Gasteiger partial charge in [-0.15, -0.1) is 0 Å². The minimum atomic E-state index is -1.46. The Labute approximate surface area is 273 Å². The van der Waals surface area contributed by atoms with Crippen LogP contribution in [0.2, 0.25) is 0 Å². The minimum absolute atomic E-state index is 0.125. The van der Waals surface area contributed by atoms with Crippen molar-refractivity contribution in [2.24, 2.45) is 0 Å². The van der Waals surface area contributed by atoms with Crippen molar-refractivity contribution in [3.8, 4) is 0 Å². The zero-order chi connectivity index (χ0) is 33.9. The number of amides is 6. The topological polar surface area (TPSA) is 202 Å². The lowest BCUT2D eigenvalue weighted by Crippen LogP contribution is -2.61. The molecule has 1 aromatic carbocycles. The van der Waals surface area contributed by atoms with Gasteiger partial charge >= 0.3 is 0 Å². The highest BCUT2D eigenvalue weighted by molar-refractivity contribution is 5.98. The second-order valence-corrected chi connectivity index (χ2v) is 12.0. The molecule has 0 saturated carbocycles. The highest BCUT2D eigenvalue weighted by atomic mass is 16.3. The molecule has 14 heteroatoms. The molecule has 3 heterocycles. The fourth-order valence-corrected chi connectivity index (χ4v) is 5.88. The molecular formula is C33H45N7O7. The summed E-state index contributed by atoms with van der Waals surface area (Å²) < 4.78 is 0. The molecule has 0 spiro atoms. The van der Waals surface area contributed by atoms with E-state index in [1.807, 2.05) is 30.3 Å². The molecule has 2 aliphatic rings. The lowest BCUT2D eigenvalue weighted by atomic mass is 10.0. The number of benzene rings is 1. The number of hydrogen-bond acceptors (Lipinski definition) is 7. The predicted octanol–water partition coefficient (Wildman–Crippen LogP) is -0.108. The second kappa shape index (κ2) is 16.7. The van der Waals surface area contributed by atoms with Crippen LogP contribution in [-0.2, 0) is 30.4 Å². The number of nitrogens with zero attached hydrogens (tertiary/aromatic N) is 1. The number of aromatic nitrogens is 1. The molecule has 0 radical (unpaired) electrons. The SMILES string of the molecule is CC[C@@H]1NC(=O)[C@@H](NC(=O)c2ccc[nH]2)CCCCNC(=O)[C@@H]2CCCN2C(=O)[C@@H](Cc2ccccc2)NC(=O)[C@H]([C@@H](C)O)NC1=O. The van der Waals surface area contributed by atoms with E-state index in [0.29, 0.717) is 32.2 Å². The summed E-state index contributed by atoms with van der Waals surface area (Å²) in [5.41, 5.74) is 1.03. The zero-order valence-electron chi connectivity index (χ0n) is 26.8. The Bertz CT molecular complexity index is 1400. The summed E-state index contributed by atoms with van der Waals surface area (Å²) in [5, 5.41) is 24.1. The maximum atomic E-state index is 13.9. The van der Waals surface area contributed by atoms with Gasteiger partial charge < -0.3 is 41.6 Å². The van der Waals surface area contributed by atoms with Crippen molar-refractivity contribution in [3.63, 3.8) is 0 Å². The van der Waals surface area contributed by atoms with E-state index >= 15 is 0 Å². The molecule has 14 nitrogen and oxygen atoms in total. The van der Waals surface area contributed by atoms with E-state index in [0.717, 1.165) is 5.56 Å². The maximum absolute atomic E-state index is 13.9. The standard InChI is InChI=1S/C33H45N7O7/c1-3-22-28(42)39-27(20(2)41)32(46)38-25(19-21-11-5-4-6-12-21)33(47)40-18-10-15-26(40)31(45)35-16-8-7-13-24(30(44)36-22)37-29(43)23-14-9-17-34-23/h4-6,9,11-12,14,17,20,22,24-27,34,41H,3,7-8,10,13,15-16,18-19H2,1-2H3,(H,35,45)(H,36,44)(H,37,43)(H,38,46)(H,39,42)/t20-,22+,24+,25-,26+,27+/m1/s1. The number of carbonyl (C=O) groups is 6. The summed E-state index contributed by atoms with van der Waals surface area (Å²) in [6, 6.07) is 6.96. The maximum Gasteiger partial charge on any atom is 0.268 e. The Morgan fingerprint density at radius 1 is 0.894 bits per heavy atom. The molecule has 254 valence electrons. The Morgan fingerprint density at radius 2 is 1.64 bits per heavy atom. The van der Waals surface area contributed by atoms with Crippen LogP contribution in [0.5, 0.6) is 0 Å². The molecule has 2 aliphatic heterocycles. The largest absolute Gasteiger partial charge is 0.391 e. The van der Waals surface area contributed by atoms with Crippen LogP contribution in [0.4, 0.5) is 0 Å². The minimum Gasteiger partial charge on any atom is -0.391 e. The van der Waals surface area contributed by atoms with Gasteiger partial charge in [0.05, 0.1) is 6.10 Å². The molecule has 6 amide bonds. The quantitative estimate of drug-likeness (QED) is 0.226. The van der Waals surface area contributed by atoms with Gasteiger partial charge in [-0.05, 0) is 63.1 Å². The van der Waals surface area contributed by atoms with Crippen LogP contribution in [-0.4, -0.2) is 99.8 Å². The van der Waals surface area contributed by atoms with E-state index in [4.69, 9.17) is 0 Å². The van der Waals surface area contributed by atoms with Crippen molar-refractivity contribution in [2.45, 2.75) is 95.1 Å². The number of fused-ring (bicyclic) bond motifs is 1. The van der Waals surface area contributed by atoms with E-state index in [1.165, 1.54) is 11.8 Å². The van der Waals surface area contributed by atoms with Crippen molar-refractivity contribution >= 4 is 35.4 Å². The molecule has 1 aromatic heterocycles. The van der Waals surface area contributed by atoms with Gasteiger partial charge in [0, 0.05) is 25.7 Å². The molecule has 0 unspecified atom stereocenters. The van der Waals surface area contributed by atoms with Gasteiger partial charge in [-0.1, -0.05) is 37.3 Å². The highest BCUT2D eigenvalue weighted by Gasteiger charge is 2.39. The fourth-order valence-electron chi connectivity index (χ4n) is 5.88. The lowest BCUT2D eigenvalue weighted by Gasteiger charge is -2.30. The van der Waals surface area contributed by atoms with Crippen LogP contribution in [0.25, 0.3) is 0 Å². The summed E-state index contributed by atoms with van der Waals surface area (Å²) in [7, 11) is 0. The molecule has 0 bridgehead atoms. The highest BCUT2D eigenvalue weighted by Crippen LogP contribution is 2.20. The summed E-state index contributed by atoms with van der Waals surface area (Å²) in [6.45, 7) is 3.63. The number of H-pyrrole nitrogens is 1. The summed E-state index contributed by atoms with van der Waals surface area (Å²) in [4.78, 5) is 84.7. The first kappa shape index (κ1) is 35.1. The third-order valence-corrected chi connectivity index (χ3v) is 8.52. The number of rotatable bonds is 6.